The number of hydroxylamine groups is 2. The molecule has 1 aliphatic heterocycles. The summed E-state index contributed by atoms with van der Waals surface area (Å²) in [5, 5.41) is 0.510. The lowest BCUT2D eigenvalue weighted by Gasteiger charge is -2.13. The number of carbonyl (C=O) groups excluding carboxylic acids is 3. The molecule has 1 saturated heterocycles. The van der Waals surface area contributed by atoms with Gasteiger partial charge in [-0.05, 0) is 70.7 Å². The number of amides is 2. The van der Waals surface area contributed by atoms with Gasteiger partial charge in [-0.2, -0.15) is 0 Å². The standard InChI is InChI=1S/C24H20FNO5S/c1-14-19(11-15-3-6-17(7-4-15)32(2)30)18-8-5-16(25)12-21(18)20(14)13-24(29)31-26-22(27)9-10-23(26)28/h3-8,11-12H,9-10,13H2,1-2H3/b19-11-. The Morgan fingerprint density at radius 1 is 1.09 bits per heavy atom. The second-order valence-electron chi connectivity index (χ2n) is 7.60. The Morgan fingerprint density at radius 3 is 2.38 bits per heavy atom. The molecule has 6 nitrogen and oxygen atoms in total. The van der Waals surface area contributed by atoms with E-state index in [1.54, 1.807) is 24.5 Å². The van der Waals surface area contributed by atoms with Crippen LogP contribution < -0.4 is 0 Å². The lowest BCUT2D eigenvalue weighted by atomic mass is 10.0. The molecule has 0 N–H and O–H groups in total. The number of nitrogens with zero attached hydrogens (tertiary/aromatic N) is 1. The van der Waals surface area contributed by atoms with Crippen LogP contribution >= 0.6 is 0 Å². The fourth-order valence-corrected chi connectivity index (χ4v) is 4.36. The van der Waals surface area contributed by atoms with Crippen molar-refractivity contribution in [3.05, 3.63) is 70.5 Å². The molecule has 2 amide bonds. The third-order valence-electron chi connectivity index (χ3n) is 5.50. The molecular formula is C24H20FNO5S. The quantitative estimate of drug-likeness (QED) is 0.642. The van der Waals surface area contributed by atoms with E-state index in [-0.39, 0.29) is 19.3 Å². The van der Waals surface area contributed by atoms with Gasteiger partial charge in [0.05, 0.1) is 6.42 Å². The molecule has 164 valence electrons. The number of hydrogen-bond acceptors (Lipinski definition) is 5. The van der Waals surface area contributed by atoms with Crippen molar-refractivity contribution < 1.29 is 27.8 Å². The minimum absolute atomic E-state index is 0.0131. The highest BCUT2D eigenvalue weighted by Gasteiger charge is 2.34. The first kappa shape index (κ1) is 21.8. The van der Waals surface area contributed by atoms with Crippen LogP contribution in [0.5, 0.6) is 0 Å². The van der Waals surface area contributed by atoms with Crippen LogP contribution in [0.1, 0.15) is 42.9 Å². The van der Waals surface area contributed by atoms with E-state index in [1.165, 1.54) is 12.1 Å². The normalized spacial score (nSPS) is 17.8. The van der Waals surface area contributed by atoms with Gasteiger partial charge in [-0.3, -0.25) is 13.8 Å². The first-order valence-electron chi connectivity index (χ1n) is 9.97. The van der Waals surface area contributed by atoms with E-state index in [9.17, 15) is 23.0 Å². The van der Waals surface area contributed by atoms with Gasteiger partial charge >= 0.3 is 5.97 Å². The fourth-order valence-electron chi connectivity index (χ4n) is 3.84. The number of fused-ring (bicyclic) bond motifs is 1. The number of benzene rings is 2. The molecule has 2 aromatic rings. The maximum absolute atomic E-state index is 14.0. The molecule has 0 aromatic heterocycles. The molecule has 8 heteroatoms. The van der Waals surface area contributed by atoms with Crippen molar-refractivity contribution in [2.24, 2.45) is 0 Å². The maximum atomic E-state index is 14.0. The van der Waals surface area contributed by atoms with Gasteiger partial charge in [-0.1, -0.05) is 18.2 Å². The molecule has 0 radical (unpaired) electrons. The number of allylic oxidation sites excluding steroid dienone is 2. The zero-order valence-electron chi connectivity index (χ0n) is 17.5. The molecule has 0 spiro atoms. The van der Waals surface area contributed by atoms with Crippen LogP contribution in [0.4, 0.5) is 4.39 Å². The Hall–Kier alpha value is -3.39. The van der Waals surface area contributed by atoms with Gasteiger partial charge < -0.3 is 4.84 Å². The van der Waals surface area contributed by atoms with Crippen molar-refractivity contribution in [2.45, 2.75) is 31.1 Å². The van der Waals surface area contributed by atoms with Gasteiger partial charge in [0.25, 0.3) is 11.8 Å². The summed E-state index contributed by atoms with van der Waals surface area (Å²) in [6.07, 6.45) is 3.33. The van der Waals surface area contributed by atoms with Crippen LogP contribution in [-0.2, 0) is 30.0 Å². The Bertz CT molecular complexity index is 1210. The first-order valence-corrected chi connectivity index (χ1v) is 11.5. The third kappa shape index (κ3) is 4.18. The molecule has 0 saturated carbocycles. The lowest BCUT2D eigenvalue weighted by Crippen LogP contribution is -2.32. The average molecular weight is 453 g/mol. The second-order valence-corrected chi connectivity index (χ2v) is 8.98. The molecule has 1 unspecified atom stereocenters. The zero-order valence-corrected chi connectivity index (χ0v) is 18.3. The molecule has 1 aliphatic carbocycles. The zero-order chi connectivity index (χ0) is 23.0. The Morgan fingerprint density at radius 2 is 1.75 bits per heavy atom. The predicted octanol–water partition coefficient (Wildman–Crippen LogP) is 3.89. The summed E-state index contributed by atoms with van der Waals surface area (Å²) in [5.74, 6) is -2.31. The number of hydrogen-bond donors (Lipinski definition) is 0. The SMILES string of the molecule is CC1=C(CC(=O)ON2C(=O)CCC2=O)c2cc(F)ccc2/C1=C\c1ccc(S(C)=O)cc1. The highest BCUT2D eigenvalue weighted by atomic mass is 32.2. The Balaban J connectivity index is 1.66. The van der Waals surface area contributed by atoms with Crippen molar-refractivity contribution in [3.8, 4) is 0 Å². The van der Waals surface area contributed by atoms with E-state index in [4.69, 9.17) is 4.84 Å². The minimum atomic E-state index is -1.08. The summed E-state index contributed by atoms with van der Waals surface area (Å²) < 4.78 is 25.6. The summed E-state index contributed by atoms with van der Waals surface area (Å²) in [4.78, 5) is 41.7. The van der Waals surface area contributed by atoms with Crippen molar-refractivity contribution in [2.75, 3.05) is 6.26 Å². The smallest absolute Gasteiger partial charge is 0.330 e. The molecule has 2 aliphatic rings. The average Bonchev–Trinajstić information content (AvgIpc) is 3.20. The monoisotopic (exact) mass is 453 g/mol. The Kier molecular flexibility index (Phi) is 5.88. The number of imide groups is 1. The van der Waals surface area contributed by atoms with Gasteiger partial charge in [0, 0.05) is 34.8 Å². The van der Waals surface area contributed by atoms with Crippen molar-refractivity contribution in [1.29, 1.82) is 0 Å². The van der Waals surface area contributed by atoms with Gasteiger partial charge in [-0.25, -0.2) is 9.18 Å². The van der Waals surface area contributed by atoms with E-state index in [1.807, 2.05) is 25.1 Å². The van der Waals surface area contributed by atoms with Crippen molar-refractivity contribution in [3.63, 3.8) is 0 Å². The lowest BCUT2D eigenvalue weighted by molar-refractivity contribution is -0.196. The first-order chi connectivity index (χ1) is 15.2. The maximum Gasteiger partial charge on any atom is 0.337 e. The summed E-state index contributed by atoms with van der Waals surface area (Å²) >= 11 is 0. The van der Waals surface area contributed by atoms with Gasteiger partial charge in [0.2, 0.25) is 0 Å². The van der Waals surface area contributed by atoms with Crippen LogP contribution in [0.3, 0.4) is 0 Å². The van der Waals surface area contributed by atoms with E-state index in [0.717, 1.165) is 22.3 Å². The summed E-state index contributed by atoms with van der Waals surface area (Å²) in [7, 11) is -1.08. The molecule has 1 heterocycles. The van der Waals surface area contributed by atoms with E-state index in [0.29, 0.717) is 21.1 Å². The summed E-state index contributed by atoms with van der Waals surface area (Å²) in [6.45, 7) is 1.83. The number of rotatable bonds is 5. The molecule has 2 aromatic carbocycles. The summed E-state index contributed by atoms with van der Waals surface area (Å²) in [6, 6.07) is 11.6. The van der Waals surface area contributed by atoms with Crippen LogP contribution in [-0.4, -0.2) is 33.3 Å². The minimum Gasteiger partial charge on any atom is -0.330 e. The van der Waals surface area contributed by atoms with Gasteiger partial charge in [0.1, 0.15) is 5.82 Å². The van der Waals surface area contributed by atoms with E-state index in [2.05, 4.69) is 0 Å². The fraction of sp³-hybridized carbons (Fsp3) is 0.208. The predicted molar refractivity (Wildman–Crippen MR) is 117 cm³/mol. The third-order valence-corrected chi connectivity index (χ3v) is 6.43. The number of halogens is 1. The van der Waals surface area contributed by atoms with Crippen molar-refractivity contribution >= 4 is 45.8 Å². The molecule has 1 fully saturated rings. The van der Waals surface area contributed by atoms with Crippen LogP contribution in [0.15, 0.2) is 52.9 Å². The summed E-state index contributed by atoms with van der Waals surface area (Å²) in [5.41, 5.74) is 4.35. The second kappa shape index (κ2) is 8.63. The highest BCUT2D eigenvalue weighted by Crippen LogP contribution is 2.44. The van der Waals surface area contributed by atoms with E-state index < -0.39 is 34.4 Å². The van der Waals surface area contributed by atoms with Gasteiger partial charge in [0.15, 0.2) is 0 Å². The molecular weight excluding hydrogens is 433 g/mol. The molecule has 0 bridgehead atoms. The van der Waals surface area contributed by atoms with Crippen LogP contribution in [0.25, 0.3) is 17.2 Å². The topological polar surface area (TPSA) is 80.8 Å². The van der Waals surface area contributed by atoms with Crippen LogP contribution in [0, 0.1) is 5.82 Å². The highest BCUT2D eigenvalue weighted by molar-refractivity contribution is 7.84. The van der Waals surface area contributed by atoms with Crippen LogP contribution in [0.2, 0.25) is 0 Å². The largest absolute Gasteiger partial charge is 0.337 e. The Labute approximate surface area is 186 Å². The molecule has 1 atom stereocenters. The molecule has 32 heavy (non-hydrogen) atoms. The van der Waals surface area contributed by atoms with Crippen molar-refractivity contribution in [1.82, 2.24) is 5.06 Å². The van der Waals surface area contributed by atoms with E-state index >= 15 is 0 Å². The molecule has 4 rings (SSSR count). The number of carbonyl (C=O) groups is 3. The van der Waals surface area contributed by atoms with Gasteiger partial charge in [-0.15, -0.1) is 5.06 Å².